The molecule has 1 aliphatic rings. The number of nitro groups is 1. The van der Waals surface area contributed by atoms with Crippen LogP contribution in [0.5, 0.6) is 0 Å². The van der Waals surface area contributed by atoms with E-state index in [-0.39, 0.29) is 17.0 Å². The maximum Gasteiger partial charge on any atom is 0.270 e. The maximum atomic E-state index is 13.1. The highest BCUT2D eigenvalue weighted by atomic mass is 19.1. The minimum absolute atomic E-state index is 0.136. The summed E-state index contributed by atoms with van der Waals surface area (Å²) in [5, 5.41) is 11.1. The number of benzene rings is 2. The SMILES string of the molecule is CN1CCN(c2ccc([N+](=O)[O-])cc2C(=O)c2ccc(F)cc2)CC1. The molecule has 0 N–H and O–H groups in total. The molecule has 0 radical (unpaired) electrons. The largest absolute Gasteiger partial charge is 0.368 e. The van der Waals surface area contributed by atoms with Gasteiger partial charge in [0.05, 0.1) is 10.5 Å². The Morgan fingerprint density at radius 2 is 1.72 bits per heavy atom. The molecule has 1 heterocycles. The minimum Gasteiger partial charge on any atom is -0.368 e. The fourth-order valence-electron chi connectivity index (χ4n) is 2.90. The minimum atomic E-state index is -0.519. The van der Waals surface area contributed by atoms with E-state index in [1.54, 1.807) is 6.07 Å². The predicted octanol–water partition coefficient (Wildman–Crippen LogP) is 2.72. The van der Waals surface area contributed by atoms with E-state index < -0.39 is 10.7 Å². The zero-order valence-electron chi connectivity index (χ0n) is 13.8. The first-order chi connectivity index (χ1) is 12.0. The molecule has 1 saturated heterocycles. The van der Waals surface area contributed by atoms with E-state index in [2.05, 4.69) is 9.80 Å². The third-order valence-electron chi connectivity index (χ3n) is 4.39. The van der Waals surface area contributed by atoms with Gasteiger partial charge in [0, 0.05) is 49.6 Å². The van der Waals surface area contributed by atoms with E-state index >= 15 is 0 Å². The van der Waals surface area contributed by atoms with Crippen molar-refractivity contribution in [3.63, 3.8) is 0 Å². The van der Waals surface area contributed by atoms with Gasteiger partial charge in [-0.05, 0) is 37.4 Å². The van der Waals surface area contributed by atoms with Crippen molar-refractivity contribution in [1.82, 2.24) is 4.90 Å². The van der Waals surface area contributed by atoms with Gasteiger partial charge in [0.25, 0.3) is 5.69 Å². The fourth-order valence-corrected chi connectivity index (χ4v) is 2.90. The molecular weight excluding hydrogens is 325 g/mol. The molecule has 25 heavy (non-hydrogen) atoms. The highest BCUT2D eigenvalue weighted by Gasteiger charge is 2.23. The monoisotopic (exact) mass is 343 g/mol. The molecule has 0 amide bonds. The molecule has 0 aromatic heterocycles. The Kier molecular flexibility index (Phi) is 4.76. The van der Waals surface area contributed by atoms with E-state index in [0.29, 0.717) is 11.3 Å². The molecule has 1 fully saturated rings. The summed E-state index contributed by atoms with van der Waals surface area (Å²) in [6.07, 6.45) is 0. The number of hydrogen-bond acceptors (Lipinski definition) is 5. The van der Waals surface area contributed by atoms with Gasteiger partial charge in [-0.1, -0.05) is 0 Å². The number of carbonyl (C=O) groups excluding carboxylic acids is 1. The van der Waals surface area contributed by atoms with Crippen molar-refractivity contribution in [2.45, 2.75) is 0 Å². The number of piperazine rings is 1. The second-order valence-electron chi connectivity index (χ2n) is 6.08. The lowest BCUT2D eigenvalue weighted by atomic mass is 10.00. The van der Waals surface area contributed by atoms with Crippen LogP contribution in [0, 0.1) is 15.9 Å². The highest BCUT2D eigenvalue weighted by molar-refractivity contribution is 6.12. The molecule has 0 saturated carbocycles. The van der Waals surface area contributed by atoms with Crippen LogP contribution < -0.4 is 4.90 Å². The van der Waals surface area contributed by atoms with Crippen LogP contribution in [0.1, 0.15) is 15.9 Å². The lowest BCUT2D eigenvalue weighted by Gasteiger charge is -2.35. The number of carbonyl (C=O) groups is 1. The van der Waals surface area contributed by atoms with Crippen LogP contribution in [0.3, 0.4) is 0 Å². The van der Waals surface area contributed by atoms with Crippen molar-refractivity contribution in [3.05, 3.63) is 69.5 Å². The van der Waals surface area contributed by atoms with Crippen LogP contribution >= 0.6 is 0 Å². The van der Waals surface area contributed by atoms with Crippen LogP contribution in [-0.2, 0) is 0 Å². The smallest absolute Gasteiger partial charge is 0.270 e. The van der Waals surface area contributed by atoms with Crippen molar-refractivity contribution in [1.29, 1.82) is 0 Å². The molecule has 130 valence electrons. The molecule has 3 rings (SSSR count). The number of nitro benzene ring substituents is 1. The van der Waals surface area contributed by atoms with Gasteiger partial charge in [-0.2, -0.15) is 0 Å². The van der Waals surface area contributed by atoms with Gasteiger partial charge in [-0.15, -0.1) is 0 Å². The zero-order valence-corrected chi connectivity index (χ0v) is 13.8. The lowest BCUT2D eigenvalue weighted by Crippen LogP contribution is -2.45. The number of anilines is 1. The van der Waals surface area contributed by atoms with E-state index in [1.807, 2.05) is 7.05 Å². The Morgan fingerprint density at radius 1 is 1.08 bits per heavy atom. The average molecular weight is 343 g/mol. The molecule has 2 aromatic carbocycles. The number of halogens is 1. The Morgan fingerprint density at radius 3 is 2.32 bits per heavy atom. The Hall–Kier alpha value is -2.80. The summed E-state index contributed by atoms with van der Waals surface area (Å²) >= 11 is 0. The van der Waals surface area contributed by atoms with Crippen molar-refractivity contribution in [2.75, 3.05) is 38.1 Å². The van der Waals surface area contributed by atoms with Crippen LogP contribution in [0.2, 0.25) is 0 Å². The van der Waals surface area contributed by atoms with Gasteiger partial charge >= 0.3 is 0 Å². The second kappa shape index (κ2) is 6.98. The van der Waals surface area contributed by atoms with Gasteiger partial charge in [0.15, 0.2) is 5.78 Å². The topological polar surface area (TPSA) is 66.7 Å². The van der Waals surface area contributed by atoms with Crippen LogP contribution in [0.15, 0.2) is 42.5 Å². The zero-order chi connectivity index (χ0) is 18.0. The summed E-state index contributed by atoms with van der Waals surface area (Å²) in [6, 6.07) is 9.55. The fraction of sp³-hybridized carbons (Fsp3) is 0.278. The molecular formula is C18H18FN3O3. The van der Waals surface area contributed by atoms with E-state index in [4.69, 9.17) is 0 Å². The molecule has 0 aliphatic carbocycles. The first-order valence-corrected chi connectivity index (χ1v) is 7.98. The quantitative estimate of drug-likeness (QED) is 0.485. The predicted molar refractivity (Wildman–Crippen MR) is 92.6 cm³/mol. The molecule has 0 bridgehead atoms. The summed E-state index contributed by atoms with van der Waals surface area (Å²) in [5.74, 6) is -0.785. The summed E-state index contributed by atoms with van der Waals surface area (Å²) in [4.78, 5) is 27.7. The van der Waals surface area contributed by atoms with Crippen LogP contribution in [0.4, 0.5) is 15.8 Å². The van der Waals surface area contributed by atoms with Gasteiger partial charge in [0.1, 0.15) is 5.82 Å². The van der Waals surface area contributed by atoms with Gasteiger partial charge in [-0.3, -0.25) is 14.9 Å². The molecule has 1 aliphatic heterocycles. The standard InChI is InChI=1S/C18H18FN3O3/c1-20-8-10-21(11-9-20)17-7-6-15(22(24)25)12-16(17)18(23)13-2-4-14(19)5-3-13/h2-7,12H,8-11H2,1H3. The Balaban J connectivity index is 2.02. The third-order valence-corrected chi connectivity index (χ3v) is 4.39. The number of likely N-dealkylation sites (N-methyl/N-ethyl adjacent to an activating group) is 1. The van der Waals surface area contributed by atoms with Crippen LogP contribution in [-0.4, -0.2) is 48.8 Å². The Labute approximate surface area is 144 Å². The molecule has 0 unspecified atom stereocenters. The van der Waals surface area contributed by atoms with E-state index in [0.717, 1.165) is 26.2 Å². The van der Waals surface area contributed by atoms with Gasteiger partial charge in [-0.25, -0.2) is 4.39 Å². The summed E-state index contributed by atoms with van der Waals surface area (Å²) in [6.45, 7) is 3.17. The normalized spacial score (nSPS) is 15.2. The summed E-state index contributed by atoms with van der Waals surface area (Å²) in [5.41, 5.74) is 1.11. The van der Waals surface area contributed by atoms with Crippen molar-refractivity contribution >= 4 is 17.2 Å². The summed E-state index contributed by atoms with van der Waals surface area (Å²) < 4.78 is 13.1. The molecule has 2 aromatic rings. The second-order valence-corrected chi connectivity index (χ2v) is 6.08. The summed E-state index contributed by atoms with van der Waals surface area (Å²) in [7, 11) is 2.03. The lowest BCUT2D eigenvalue weighted by molar-refractivity contribution is -0.384. The van der Waals surface area contributed by atoms with Crippen LogP contribution in [0.25, 0.3) is 0 Å². The maximum absolute atomic E-state index is 13.1. The molecule has 6 nitrogen and oxygen atoms in total. The molecule has 7 heteroatoms. The average Bonchev–Trinajstić information content (AvgIpc) is 2.62. The number of ketones is 1. The highest BCUT2D eigenvalue weighted by Crippen LogP contribution is 2.28. The Bertz CT molecular complexity index is 800. The number of hydrogen-bond donors (Lipinski definition) is 0. The van der Waals surface area contributed by atoms with Crippen molar-refractivity contribution < 1.29 is 14.1 Å². The van der Waals surface area contributed by atoms with E-state index in [1.165, 1.54) is 36.4 Å². The first kappa shape index (κ1) is 17.0. The number of nitrogens with zero attached hydrogens (tertiary/aromatic N) is 3. The first-order valence-electron chi connectivity index (χ1n) is 7.98. The molecule has 0 atom stereocenters. The number of rotatable bonds is 4. The number of non-ortho nitro benzene ring substituents is 1. The van der Waals surface area contributed by atoms with E-state index in [9.17, 15) is 19.3 Å². The molecule has 0 spiro atoms. The van der Waals surface area contributed by atoms with Crippen molar-refractivity contribution in [3.8, 4) is 0 Å². The van der Waals surface area contributed by atoms with Gasteiger partial charge < -0.3 is 9.80 Å². The third kappa shape index (κ3) is 3.66. The van der Waals surface area contributed by atoms with Gasteiger partial charge in [0.2, 0.25) is 0 Å². The van der Waals surface area contributed by atoms with Crippen molar-refractivity contribution in [2.24, 2.45) is 0 Å².